The van der Waals surface area contributed by atoms with Crippen molar-refractivity contribution in [3.8, 4) is 0 Å². The van der Waals surface area contributed by atoms with E-state index in [1.54, 1.807) is 0 Å². The van der Waals surface area contributed by atoms with Gasteiger partial charge in [0.15, 0.2) is 0 Å². The van der Waals surface area contributed by atoms with Crippen molar-refractivity contribution in [2.45, 2.75) is 79.1 Å². The van der Waals surface area contributed by atoms with Crippen molar-refractivity contribution in [3.05, 3.63) is 0 Å². The molecule has 2 atom stereocenters. The molecule has 2 unspecified atom stereocenters. The molecule has 0 saturated heterocycles. The van der Waals surface area contributed by atoms with Gasteiger partial charge < -0.3 is 18.8 Å². The molecule has 0 amide bonds. The molecule has 0 aromatic rings. The number of rotatable bonds is 16. The van der Waals surface area contributed by atoms with Crippen LogP contribution in [0.3, 0.4) is 0 Å². The van der Waals surface area contributed by atoms with Gasteiger partial charge in [-0.15, -0.1) is 0 Å². The summed E-state index contributed by atoms with van der Waals surface area (Å²) in [5.74, 6) is 0.707. The van der Waals surface area contributed by atoms with E-state index in [0.29, 0.717) is 25.0 Å². The van der Waals surface area contributed by atoms with E-state index in [2.05, 4.69) is 39.5 Å². The van der Waals surface area contributed by atoms with Crippen LogP contribution < -0.4 is 0 Å². The molecule has 0 aliphatic heterocycles. The standard InChI is InChI=1S/C16H36O5P2S2/c1-5-9-11-15(7-3)13-19-23(25,21-22(17,18)24)20-14-16(8-4)12-10-6-2/h15-16H,5-14H2,1-4H3,(H2,17,18,24). The fourth-order valence-electron chi connectivity index (χ4n) is 2.40. The van der Waals surface area contributed by atoms with E-state index in [-0.39, 0.29) is 0 Å². The van der Waals surface area contributed by atoms with Crippen molar-refractivity contribution in [1.29, 1.82) is 0 Å². The van der Waals surface area contributed by atoms with Crippen LogP contribution >= 0.6 is 13.4 Å². The average Bonchev–Trinajstić information content (AvgIpc) is 2.53. The van der Waals surface area contributed by atoms with Crippen LogP contribution in [0.2, 0.25) is 0 Å². The molecule has 0 aromatic heterocycles. The molecule has 0 radical (unpaired) electrons. The third-order valence-corrected chi connectivity index (χ3v) is 8.64. The molecule has 0 heterocycles. The van der Waals surface area contributed by atoms with Crippen molar-refractivity contribution in [3.63, 3.8) is 0 Å². The molecule has 0 aromatic carbocycles. The summed E-state index contributed by atoms with van der Waals surface area (Å²) in [5.41, 5.74) is 0. The second kappa shape index (κ2) is 14.1. The fraction of sp³-hybridized carbons (Fsp3) is 1.00. The second-order valence-corrected chi connectivity index (χ2v) is 12.3. The van der Waals surface area contributed by atoms with Crippen LogP contribution in [-0.4, -0.2) is 23.0 Å². The predicted octanol–water partition coefficient (Wildman–Crippen LogP) is 5.90. The largest absolute Gasteiger partial charge is 0.334 e. The van der Waals surface area contributed by atoms with Gasteiger partial charge in [0.05, 0.1) is 13.2 Å². The Labute approximate surface area is 164 Å². The van der Waals surface area contributed by atoms with Crippen molar-refractivity contribution in [2.24, 2.45) is 11.8 Å². The maximum atomic E-state index is 9.54. The van der Waals surface area contributed by atoms with Crippen LogP contribution in [0, 0.1) is 11.8 Å². The van der Waals surface area contributed by atoms with E-state index in [1.165, 1.54) is 0 Å². The highest BCUT2D eigenvalue weighted by Gasteiger charge is 2.30. The first-order valence-corrected chi connectivity index (χ1v) is 14.5. The number of unbranched alkanes of at least 4 members (excludes halogenated alkanes) is 2. The quantitative estimate of drug-likeness (QED) is 0.293. The van der Waals surface area contributed by atoms with E-state index in [9.17, 15) is 9.79 Å². The Morgan fingerprint density at radius 3 is 1.48 bits per heavy atom. The summed E-state index contributed by atoms with van der Waals surface area (Å²) >= 11 is 9.98. The summed E-state index contributed by atoms with van der Waals surface area (Å²) in [5, 5.41) is 0. The van der Waals surface area contributed by atoms with Crippen LogP contribution in [0.15, 0.2) is 0 Å². The molecule has 0 fully saturated rings. The van der Waals surface area contributed by atoms with Gasteiger partial charge in [-0.05, 0) is 48.3 Å². The summed E-state index contributed by atoms with van der Waals surface area (Å²) in [6.07, 6.45) is 8.53. The monoisotopic (exact) mass is 434 g/mol. The molecule has 2 N–H and O–H groups in total. The highest BCUT2D eigenvalue weighted by molar-refractivity contribution is 8.14. The summed E-state index contributed by atoms with van der Waals surface area (Å²) in [4.78, 5) is 19.1. The molecule has 25 heavy (non-hydrogen) atoms. The Balaban J connectivity index is 4.81. The van der Waals surface area contributed by atoms with E-state index < -0.39 is 13.4 Å². The van der Waals surface area contributed by atoms with Crippen LogP contribution in [-0.2, 0) is 37.0 Å². The minimum absolute atomic E-state index is 0.353. The third-order valence-electron chi connectivity index (χ3n) is 4.23. The highest BCUT2D eigenvalue weighted by atomic mass is 32.5. The first-order chi connectivity index (χ1) is 11.7. The molecule has 0 rings (SSSR count). The first kappa shape index (κ1) is 26.1. The molecule has 0 aliphatic rings. The lowest BCUT2D eigenvalue weighted by Crippen LogP contribution is -2.13. The summed E-state index contributed by atoms with van der Waals surface area (Å²) in [7, 11) is 0. The number of hydrogen-bond acceptors (Lipinski definition) is 5. The number of hydrogen-bond donors (Lipinski definition) is 2. The van der Waals surface area contributed by atoms with Gasteiger partial charge in [0, 0.05) is 0 Å². The lowest BCUT2D eigenvalue weighted by molar-refractivity contribution is 0.145. The zero-order valence-electron chi connectivity index (χ0n) is 16.1. The molecular weight excluding hydrogens is 398 g/mol. The summed E-state index contributed by atoms with van der Waals surface area (Å²) in [6, 6.07) is 0. The first-order valence-electron chi connectivity index (χ1n) is 9.35. The second-order valence-electron chi connectivity index (χ2n) is 6.44. The maximum absolute atomic E-state index is 9.54. The van der Waals surface area contributed by atoms with Crippen molar-refractivity contribution < 1.29 is 23.1 Å². The van der Waals surface area contributed by atoms with E-state index in [0.717, 1.165) is 51.4 Å². The highest BCUT2D eigenvalue weighted by Crippen LogP contribution is 2.62. The minimum Gasteiger partial charge on any atom is -0.324 e. The zero-order valence-corrected chi connectivity index (χ0v) is 19.5. The predicted molar refractivity (Wildman–Crippen MR) is 113 cm³/mol. The maximum Gasteiger partial charge on any atom is 0.334 e. The summed E-state index contributed by atoms with van der Waals surface area (Å²) < 4.78 is 16.7. The Morgan fingerprint density at radius 2 is 1.20 bits per heavy atom. The van der Waals surface area contributed by atoms with E-state index in [4.69, 9.17) is 25.2 Å². The Bertz CT molecular complexity index is 407. The SMILES string of the molecule is CCCCC(CC)COP(=S)(OCC(CC)CCCC)OP(O)(O)=S. The van der Waals surface area contributed by atoms with Gasteiger partial charge in [0.2, 0.25) is 0 Å². The van der Waals surface area contributed by atoms with Gasteiger partial charge in [-0.1, -0.05) is 66.2 Å². The van der Waals surface area contributed by atoms with Gasteiger partial charge in [-0.3, -0.25) is 0 Å². The van der Waals surface area contributed by atoms with Gasteiger partial charge in [-0.25, -0.2) is 4.31 Å². The third kappa shape index (κ3) is 13.8. The molecule has 0 aliphatic carbocycles. The minimum atomic E-state index is -3.94. The van der Waals surface area contributed by atoms with Gasteiger partial charge in [0.25, 0.3) is 0 Å². The van der Waals surface area contributed by atoms with Crippen molar-refractivity contribution in [2.75, 3.05) is 13.2 Å². The van der Waals surface area contributed by atoms with Crippen molar-refractivity contribution >= 4 is 37.1 Å². The van der Waals surface area contributed by atoms with Crippen LogP contribution in [0.25, 0.3) is 0 Å². The van der Waals surface area contributed by atoms with Gasteiger partial charge >= 0.3 is 13.4 Å². The van der Waals surface area contributed by atoms with E-state index >= 15 is 0 Å². The Morgan fingerprint density at radius 1 is 0.800 bits per heavy atom. The lowest BCUT2D eigenvalue weighted by Gasteiger charge is -2.27. The van der Waals surface area contributed by atoms with E-state index in [1.807, 2.05) is 0 Å². The summed E-state index contributed by atoms with van der Waals surface area (Å²) in [6.45, 7) is 2.11. The molecular formula is C16H36O5P2S2. The molecule has 0 spiro atoms. The molecule has 5 nitrogen and oxygen atoms in total. The van der Waals surface area contributed by atoms with Crippen LogP contribution in [0.4, 0.5) is 0 Å². The normalized spacial score (nSPS) is 17.2. The Kier molecular flexibility index (Phi) is 14.8. The van der Waals surface area contributed by atoms with Gasteiger partial charge in [0.1, 0.15) is 0 Å². The van der Waals surface area contributed by atoms with Crippen molar-refractivity contribution in [1.82, 2.24) is 0 Å². The van der Waals surface area contributed by atoms with Crippen LogP contribution in [0.1, 0.15) is 79.1 Å². The lowest BCUT2D eigenvalue weighted by atomic mass is 10.0. The molecule has 0 saturated carbocycles. The molecule has 152 valence electrons. The zero-order chi connectivity index (χ0) is 19.3. The Hall–Kier alpha value is 1.10. The van der Waals surface area contributed by atoms with Gasteiger partial charge in [-0.2, -0.15) is 0 Å². The topological polar surface area (TPSA) is 68.2 Å². The van der Waals surface area contributed by atoms with Crippen LogP contribution in [0.5, 0.6) is 0 Å². The average molecular weight is 435 g/mol. The molecule has 0 bridgehead atoms. The fourth-order valence-corrected chi connectivity index (χ4v) is 7.06. The smallest absolute Gasteiger partial charge is 0.324 e. The molecule has 9 heteroatoms.